The summed E-state index contributed by atoms with van der Waals surface area (Å²) >= 11 is 0. The van der Waals surface area contributed by atoms with Gasteiger partial charge in [-0.2, -0.15) is 0 Å². The smallest absolute Gasteiger partial charge is 0.306 e. The van der Waals surface area contributed by atoms with Crippen LogP contribution in [0.15, 0.2) is 85.1 Å². The van der Waals surface area contributed by atoms with E-state index in [-0.39, 0.29) is 31.1 Å². The van der Waals surface area contributed by atoms with Crippen LogP contribution >= 0.6 is 0 Å². The van der Waals surface area contributed by atoms with Crippen molar-refractivity contribution in [3.8, 4) is 0 Å². The van der Waals surface area contributed by atoms with Gasteiger partial charge in [-0.15, -0.1) is 0 Å². The van der Waals surface area contributed by atoms with Crippen LogP contribution in [-0.2, 0) is 28.6 Å². The molecule has 1 atom stereocenters. The van der Waals surface area contributed by atoms with Gasteiger partial charge in [-0.1, -0.05) is 286 Å². The van der Waals surface area contributed by atoms with Crippen LogP contribution in [0.3, 0.4) is 0 Å². The molecule has 72 heavy (non-hydrogen) atoms. The maximum absolute atomic E-state index is 12.8. The highest BCUT2D eigenvalue weighted by molar-refractivity contribution is 5.71. The molecule has 0 aliphatic rings. The molecule has 0 N–H and O–H groups in total. The predicted octanol–water partition coefficient (Wildman–Crippen LogP) is 20.7. The van der Waals surface area contributed by atoms with Crippen molar-refractivity contribution in [2.24, 2.45) is 0 Å². The molecule has 0 amide bonds. The topological polar surface area (TPSA) is 78.9 Å². The minimum Gasteiger partial charge on any atom is -0.462 e. The Morgan fingerprint density at radius 1 is 0.292 bits per heavy atom. The molecule has 1 unspecified atom stereocenters. The second kappa shape index (κ2) is 60.1. The van der Waals surface area contributed by atoms with Crippen molar-refractivity contribution >= 4 is 17.9 Å². The number of rotatable bonds is 55. The van der Waals surface area contributed by atoms with Gasteiger partial charge in [0, 0.05) is 19.3 Å². The maximum atomic E-state index is 12.8. The Balaban J connectivity index is 4.24. The number of unbranched alkanes of at least 4 members (excludes halogenated alkanes) is 30. The number of hydrogen-bond acceptors (Lipinski definition) is 6. The lowest BCUT2D eigenvalue weighted by Gasteiger charge is -2.18. The summed E-state index contributed by atoms with van der Waals surface area (Å²) in [5.74, 6) is -0.893. The molecule has 0 aromatic carbocycles. The first kappa shape index (κ1) is 68.6. The Kier molecular flexibility index (Phi) is 57.3. The van der Waals surface area contributed by atoms with Gasteiger partial charge < -0.3 is 14.2 Å². The first-order chi connectivity index (χ1) is 35.5. The highest BCUT2D eigenvalue weighted by Crippen LogP contribution is 2.16. The van der Waals surface area contributed by atoms with Crippen molar-refractivity contribution in [2.45, 2.75) is 303 Å². The van der Waals surface area contributed by atoms with E-state index in [0.717, 1.165) is 122 Å². The lowest BCUT2D eigenvalue weighted by Crippen LogP contribution is -2.30. The standard InChI is InChI=1S/C66H114O6/c1-4-7-10-13-16-19-21-23-25-27-29-30-31-32-33-34-35-36-38-39-41-43-45-47-50-53-56-59-65(68)71-62-63(61-70-64(67)58-55-52-49-18-15-12-9-6-3)72-66(69)60-57-54-51-48-46-44-42-40-37-28-26-24-22-20-17-14-11-8-5-2/h7,10,16,19,23,25,29-30,32-33,35-36,39,41,63H,4-6,8-9,11-15,17-18,20-22,24,26-28,31,34,37-38,40,42-62H2,1-3H3/b10-7-,19-16-,25-23-,30-29-,33-32-,36-35-,41-39-. The highest BCUT2D eigenvalue weighted by Gasteiger charge is 2.19. The molecule has 0 bridgehead atoms. The van der Waals surface area contributed by atoms with Crippen molar-refractivity contribution in [2.75, 3.05) is 13.2 Å². The lowest BCUT2D eigenvalue weighted by atomic mass is 10.0. The molecule has 0 radical (unpaired) electrons. The summed E-state index contributed by atoms with van der Waals surface area (Å²) in [7, 11) is 0. The molecule has 0 aliphatic carbocycles. The number of carbonyl (C=O) groups is 3. The summed E-state index contributed by atoms with van der Waals surface area (Å²) in [5.41, 5.74) is 0. The van der Waals surface area contributed by atoms with Crippen LogP contribution in [0.1, 0.15) is 297 Å². The van der Waals surface area contributed by atoms with E-state index < -0.39 is 6.10 Å². The monoisotopic (exact) mass is 1000 g/mol. The minimum atomic E-state index is -0.781. The van der Waals surface area contributed by atoms with Gasteiger partial charge in [-0.3, -0.25) is 14.4 Å². The molecule has 414 valence electrons. The molecular formula is C66H114O6. The van der Waals surface area contributed by atoms with Gasteiger partial charge in [0.25, 0.3) is 0 Å². The Labute approximate surface area is 445 Å². The van der Waals surface area contributed by atoms with Crippen LogP contribution in [0.25, 0.3) is 0 Å². The Morgan fingerprint density at radius 3 is 0.847 bits per heavy atom. The van der Waals surface area contributed by atoms with E-state index in [4.69, 9.17) is 14.2 Å². The van der Waals surface area contributed by atoms with Gasteiger partial charge in [0.15, 0.2) is 6.10 Å². The van der Waals surface area contributed by atoms with E-state index in [1.165, 1.54) is 135 Å². The van der Waals surface area contributed by atoms with Gasteiger partial charge in [0.2, 0.25) is 0 Å². The normalized spacial score (nSPS) is 12.7. The number of esters is 3. The van der Waals surface area contributed by atoms with Gasteiger partial charge in [-0.05, 0) is 77.0 Å². The van der Waals surface area contributed by atoms with Crippen LogP contribution in [0.4, 0.5) is 0 Å². The Hall–Kier alpha value is -3.41. The third-order valence-electron chi connectivity index (χ3n) is 13.2. The van der Waals surface area contributed by atoms with Crippen molar-refractivity contribution in [3.05, 3.63) is 85.1 Å². The molecule has 0 heterocycles. The van der Waals surface area contributed by atoms with E-state index in [2.05, 4.69) is 106 Å². The molecule has 0 saturated heterocycles. The van der Waals surface area contributed by atoms with E-state index in [1.807, 2.05) is 0 Å². The second-order valence-electron chi connectivity index (χ2n) is 20.2. The molecule has 0 aliphatic heterocycles. The third kappa shape index (κ3) is 57.5. The fourth-order valence-corrected chi connectivity index (χ4v) is 8.60. The molecule has 0 saturated carbocycles. The van der Waals surface area contributed by atoms with Crippen LogP contribution < -0.4 is 0 Å². The van der Waals surface area contributed by atoms with Crippen molar-refractivity contribution in [3.63, 3.8) is 0 Å². The van der Waals surface area contributed by atoms with Crippen LogP contribution in [0, 0.1) is 0 Å². The molecule has 6 heteroatoms. The van der Waals surface area contributed by atoms with Crippen LogP contribution in [-0.4, -0.2) is 37.2 Å². The molecular weight excluding hydrogens is 889 g/mol. The summed E-state index contributed by atoms with van der Waals surface area (Å²) in [6.07, 6.45) is 78.8. The maximum Gasteiger partial charge on any atom is 0.306 e. The van der Waals surface area contributed by atoms with Gasteiger partial charge >= 0.3 is 17.9 Å². The molecule has 0 aromatic heterocycles. The Morgan fingerprint density at radius 2 is 0.542 bits per heavy atom. The average molecular weight is 1000 g/mol. The van der Waals surface area contributed by atoms with E-state index in [9.17, 15) is 14.4 Å². The zero-order chi connectivity index (χ0) is 52.2. The molecule has 0 spiro atoms. The van der Waals surface area contributed by atoms with Gasteiger partial charge in [-0.25, -0.2) is 0 Å². The minimum absolute atomic E-state index is 0.0795. The molecule has 0 fully saturated rings. The highest BCUT2D eigenvalue weighted by atomic mass is 16.6. The summed E-state index contributed by atoms with van der Waals surface area (Å²) in [4.78, 5) is 38.1. The average Bonchev–Trinajstić information content (AvgIpc) is 3.38. The summed E-state index contributed by atoms with van der Waals surface area (Å²) in [5, 5.41) is 0. The number of ether oxygens (including phenoxy) is 3. The van der Waals surface area contributed by atoms with Gasteiger partial charge in [0.05, 0.1) is 0 Å². The van der Waals surface area contributed by atoms with Crippen molar-refractivity contribution in [1.82, 2.24) is 0 Å². The predicted molar refractivity (Wildman–Crippen MR) is 311 cm³/mol. The zero-order valence-electron chi connectivity index (χ0n) is 47.4. The van der Waals surface area contributed by atoms with Gasteiger partial charge in [0.1, 0.15) is 13.2 Å². The number of hydrogen-bond donors (Lipinski definition) is 0. The van der Waals surface area contributed by atoms with Crippen LogP contribution in [0.2, 0.25) is 0 Å². The van der Waals surface area contributed by atoms with Crippen LogP contribution in [0.5, 0.6) is 0 Å². The Bertz CT molecular complexity index is 1380. The largest absolute Gasteiger partial charge is 0.462 e. The SMILES string of the molecule is CC/C=C\C/C=C\C/C=C\C/C=C\C/C=C\C/C=C\C/C=C\CCCCCCCC(=O)OCC(COC(=O)CCCCCCCCCC)OC(=O)CCCCCCCCCCCCCCCCCCCCC. The summed E-state index contributed by atoms with van der Waals surface area (Å²) in [6.45, 7) is 6.51. The van der Waals surface area contributed by atoms with E-state index >= 15 is 0 Å². The molecule has 0 rings (SSSR count). The summed E-state index contributed by atoms with van der Waals surface area (Å²) < 4.78 is 16.8. The fourth-order valence-electron chi connectivity index (χ4n) is 8.60. The lowest BCUT2D eigenvalue weighted by molar-refractivity contribution is -0.167. The second-order valence-corrected chi connectivity index (χ2v) is 20.2. The molecule has 6 nitrogen and oxygen atoms in total. The number of allylic oxidation sites excluding steroid dienone is 14. The quantitative estimate of drug-likeness (QED) is 0.0261. The first-order valence-corrected chi connectivity index (χ1v) is 30.6. The fraction of sp³-hybridized carbons (Fsp3) is 0.742. The van der Waals surface area contributed by atoms with E-state index in [1.54, 1.807) is 0 Å². The van der Waals surface area contributed by atoms with Crippen molar-refractivity contribution in [1.29, 1.82) is 0 Å². The van der Waals surface area contributed by atoms with Crippen molar-refractivity contribution < 1.29 is 28.6 Å². The van der Waals surface area contributed by atoms with E-state index in [0.29, 0.717) is 19.3 Å². The zero-order valence-corrected chi connectivity index (χ0v) is 47.4. The summed E-state index contributed by atoms with van der Waals surface area (Å²) in [6, 6.07) is 0. The first-order valence-electron chi connectivity index (χ1n) is 30.6. The third-order valence-corrected chi connectivity index (χ3v) is 13.2. The molecule has 0 aromatic rings. The number of carbonyl (C=O) groups excluding carboxylic acids is 3.